The van der Waals surface area contributed by atoms with Gasteiger partial charge in [-0.1, -0.05) is 19.9 Å². The number of ether oxygens (including phenoxy) is 2. The molecule has 0 aromatic carbocycles. The van der Waals surface area contributed by atoms with E-state index >= 15 is 0 Å². The monoisotopic (exact) mass is 457 g/mol. The first-order valence-corrected chi connectivity index (χ1v) is 12.5. The lowest BCUT2D eigenvalue weighted by molar-refractivity contribution is -0.158. The Labute approximate surface area is 197 Å². The summed E-state index contributed by atoms with van der Waals surface area (Å²) in [5.41, 5.74) is 1.70. The highest BCUT2D eigenvalue weighted by molar-refractivity contribution is 5.93. The molecule has 7 atom stereocenters. The van der Waals surface area contributed by atoms with Crippen LogP contribution < -0.4 is 5.32 Å². The Balaban J connectivity index is 1.53. The zero-order valence-electron chi connectivity index (χ0n) is 20.7. The van der Waals surface area contributed by atoms with Gasteiger partial charge in [0, 0.05) is 13.8 Å². The molecule has 1 N–H and O–H groups in total. The lowest BCUT2D eigenvalue weighted by atomic mass is 9.44. The predicted molar refractivity (Wildman–Crippen MR) is 125 cm³/mol. The van der Waals surface area contributed by atoms with Gasteiger partial charge in [-0.3, -0.25) is 9.59 Å². The van der Waals surface area contributed by atoms with Gasteiger partial charge in [-0.25, -0.2) is 4.79 Å². The quantitative estimate of drug-likeness (QED) is 0.489. The number of rotatable bonds is 4. The maximum atomic E-state index is 12.3. The van der Waals surface area contributed by atoms with E-state index in [1.807, 2.05) is 6.08 Å². The maximum absolute atomic E-state index is 12.3. The van der Waals surface area contributed by atoms with Crippen molar-refractivity contribution in [2.45, 2.75) is 85.2 Å². The fourth-order valence-corrected chi connectivity index (χ4v) is 7.99. The van der Waals surface area contributed by atoms with E-state index in [-0.39, 0.29) is 29.1 Å². The topological polar surface area (TPSA) is 81.7 Å². The van der Waals surface area contributed by atoms with E-state index in [4.69, 9.17) is 9.47 Å². The van der Waals surface area contributed by atoms with Crippen LogP contribution in [0.4, 0.5) is 0 Å². The number of esters is 2. The molecule has 3 fully saturated rings. The SMILES string of the molecule is COC(=O)/C(=C/C1=CC[C@H]2[C@@H]3CCC4C[C@@H](OC(C)=O)CC[C@]4(C)[C@H]3CC[C@]12C)NC(C)=O. The maximum Gasteiger partial charge on any atom is 0.354 e. The van der Waals surface area contributed by atoms with Gasteiger partial charge in [-0.05, 0) is 97.5 Å². The Morgan fingerprint density at radius 3 is 2.48 bits per heavy atom. The molecule has 4 aliphatic carbocycles. The van der Waals surface area contributed by atoms with Gasteiger partial charge in [-0.2, -0.15) is 0 Å². The molecule has 0 aromatic heterocycles. The van der Waals surface area contributed by atoms with Crippen molar-refractivity contribution in [3.63, 3.8) is 0 Å². The van der Waals surface area contributed by atoms with Gasteiger partial charge in [-0.15, -0.1) is 0 Å². The van der Waals surface area contributed by atoms with Crippen molar-refractivity contribution in [1.82, 2.24) is 5.32 Å². The summed E-state index contributed by atoms with van der Waals surface area (Å²) >= 11 is 0. The number of carbonyl (C=O) groups excluding carboxylic acids is 3. The minimum Gasteiger partial charge on any atom is -0.464 e. The molecule has 0 aromatic rings. The molecule has 6 nitrogen and oxygen atoms in total. The number of hydrogen-bond donors (Lipinski definition) is 1. The molecule has 0 bridgehead atoms. The summed E-state index contributed by atoms with van der Waals surface area (Å²) in [5.74, 6) is 1.60. The highest BCUT2D eigenvalue weighted by Crippen LogP contribution is 2.66. The molecule has 1 unspecified atom stereocenters. The average molecular weight is 458 g/mol. The summed E-state index contributed by atoms with van der Waals surface area (Å²) < 4.78 is 10.5. The van der Waals surface area contributed by atoms with Gasteiger partial charge < -0.3 is 14.8 Å². The zero-order chi connectivity index (χ0) is 24.0. The number of methoxy groups -OCH3 is 1. The lowest BCUT2D eigenvalue weighted by Gasteiger charge is -2.60. The third-order valence-corrected chi connectivity index (χ3v) is 9.61. The molecule has 33 heavy (non-hydrogen) atoms. The van der Waals surface area contributed by atoms with Crippen molar-refractivity contribution >= 4 is 17.8 Å². The van der Waals surface area contributed by atoms with E-state index in [9.17, 15) is 14.4 Å². The van der Waals surface area contributed by atoms with Crippen LogP contribution in [0.1, 0.15) is 79.1 Å². The zero-order valence-corrected chi connectivity index (χ0v) is 20.7. The molecule has 0 heterocycles. The van der Waals surface area contributed by atoms with Crippen LogP contribution in [-0.2, 0) is 23.9 Å². The highest BCUT2D eigenvalue weighted by atomic mass is 16.5. The summed E-state index contributed by atoms with van der Waals surface area (Å²) in [5, 5.41) is 2.66. The Kier molecular flexibility index (Phi) is 6.49. The molecule has 1 amide bonds. The van der Waals surface area contributed by atoms with Crippen molar-refractivity contribution in [2.24, 2.45) is 34.5 Å². The van der Waals surface area contributed by atoms with Crippen molar-refractivity contribution in [3.05, 3.63) is 23.4 Å². The minimum atomic E-state index is -0.510. The Bertz CT molecular complexity index is 891. The first-order chi connectivity index (χ1) is 15.6. The molecule has 6 heteroatoms. The fourth-order valence-electron chi connectivity index (χ4n) is 7.99. The van der Waals surface area contributed by atoms with E-state index in [1.54, 1.807) is 0 Å². The normalized spacial score (nSPS) is 40.0. The first kappa shape index (κ1) is 24.0. The van der Waals surface area contributed by atoms with Gasteiger partial charge in [0.25, 0.3) is 0 Å². The molecule has 3 saturated carbocycles. The highest BCUT2D eigenvalue weighted by Gasteiger charge is 2.58. The number of hydrogen-bond acceptors (Lipinski definition) is 5. The van der Waals surface area contributed by atoms with Gasteiger partial charge in [0.05, 0.1) is 7.11 Å². The molecule has 182 valence electrons. The standard InChI is InChI=1S/C27H39NO5/c1-16(29)28-24(25(31)32-5)15-19-7-9-22-21-8-6-18-14-20(33-17(2)30)10-12-26(18,3)23(21)11-13-27(19,22)4/h7,15,18,20-23H,6,8-14H2,1-5H3,(H,28,29)/b24-15-/t18?,20-,21-,22-,23-,26-,27+/m0/s1. The molecule has 4 rings (SSSR count). The largest absolute Gasteiger partial charge is 0.464 e. The number of carbonyl (C=O) groups is 3. The van der Waals surface area contributed by atoms with Gasteiger partial charge in [0.1, 0.15) is 11.8 Å². The Morgan fingerprint density at radius 1 is 1.06 bits per heavy atom. The summed E-state index contributed by atoms with van der Waals surface area (Å²) in [6.07, 6.45) is 13.1. The van der Waals surface area contributed by atoms with Gasteiger partial charge in [0.15, 0.2) is 0 Å². The predicted octanol–water partition coefficient (Wildman–Crippen LogP) is 4.69. The molecule has 0 saturated heterocycles. The summed E-state index contributed by atoms with van der Waals surface area (Å²) in [6.45, 7) is 7.77. The molecular weight excluding hydrogens is 418 g/mol. The van der Waals surface area contributed by atoms with Crippen LogP contribution in [0.15, 0.2) is 23.4 Å². The van der Waals surface area contributed by atoms with E-state index in [2.05, 4.69) is 25.2 Å². The second kappa shape index (κ2) is 8.92. The van der Waals surface area contributed by atoms with E-state index in [0.29, 0.717) is 29.1 Å². The van der Waals surface area contributed by atoms with Gasteiger partial charge >= 0.3 is 11.9 Å². The first-order valence-electron chi connectivity index (χ1n) is 12.5. The van der Waals surface area contributed by atoms with Crippen LogP contribution >= 0.6 is 0 Å². The second-order valence-corrected chi connectivity index (χ2v) is 11.2. The second-order valence-electron chi connectivity index (χ2n) is 11.2. The third-order valence-electron chi connectivity index (χ3n) is 9.61. The van der Waals surface area contributed by atoms with Crippen LogP contribution in [-0.4, -0.2) is 31.1 Å². The molecule has 0 aliphatic heterocycles. The summed E-state index contributed by atoms with van der Waals surface area (Å²) in [4.78, 5) is 35.4. The molecular formula is C27H39NO5. The summed E-state index contributed by atoms with van der Waals surface area (Å²) in [6, 6.07) is 0. The van der Waals surface area contributed by atoms with Crippen LogP contribution in [0.25, 0.3) is 0 Å². The number of allylic oxidation sites excluding steroid dienone is 3. The van der Waals surface area contributed by atoms with Crippen LogP contribution in [0, 0.1) is 34.5 Å². The van der Waals surface area contributed by atoms with E-state index in [1.165, 1.54) is 40.2 Å². The van der Waals surface area contributed by atoms with Crippen LogP contribution in [0.5, 0.6) is 0 Å². The summed E-state index contributed by atoms with van der Waals surface area (Å²) in [7, 11) is 1.34. The smallest absolute Gasteiger partial charge is 0.354 e. The molecule has 0 radical (unpaired) electrons. The van der Waals surface area contributed by atoms with Gasteiger partial charge in [0.2, 0.25) is 5.91 Å². The van der Waals surface area contributed by atoms with Crippen molar-refractivity contribution < 1.29 is 23.9 Å². The van der Waals surface area contributed by atoms with E-state index in [0.717, 1.165) is 37.7 Å². The number of amides is 1. The van der Waals surface area contributed by atoms with E-state index < -0.39 is 5.97 Å². The minimum absolute atomic E-state index is 0.0110. The number of nitrogens with one attached hydrogen (secondary N) is 1. The molecule has 4 aliphatic rings. The van der Waals surface area contributed by atoms with Crippen LogP contribution in [0.3, 0.4) is 0 Å². The Hall–Kier alpha value is -2.11. The third kappa shape index (κ3) is 4.26. The average Bonchev–Trinajstić information content (AvgIpc) is 3.08. The van der Waals surface area contributed by atoms with Crippen molar-refractivity contribution in [2.75, 3.05) is 7.11 Å². The fraction of sp³-hybridized carbons (Fsp3) is 0.741. The van der Waals surface area contributed by atoms with Crippen molar-refractivity contribution in [3.8, 4) is 0 Å². The molecule has 0 spiro atoms. The van der Waals surface area contributed by atoms with Crippen molar-refractivity contribution in [1.29, 1.82) is 0 Å². The Morgan fingerprint density at radius 2 is 1.82 bits per heavy atom. The lowest BCUT2D eigenvalue weighted by Crippen LogP contribution is -2.53. The number of fused-ring (bicyclic) bond motifs is 5. The van der Waals surface area contributed by atoms with Crippen LogP contribution in [0.2, 0.25) is 0 Å².